The van der Waals surface area contributed by atoms with E-state index in [-0.39, 0.29) is 0 Å². The zero-order valence-electron chi connectivity index (χ0n) is 8.28. The van der Waals surface area contributed by atoms with Gasteiger partial charge < -0.3 is 4.98 Å². The standard InChI is InChI=1S/C11H10N4/c1-7-8(6-13-15-7)10-5-11-9(14-10)3-2-4-12-11/h2-6,14H,1H3,(H,13,15). The first-order valence-electron chi connectivity index (χ1n) is 4.78. The van der Waals surface area contributed by atoms with Crippen LogP contribution in [0.4, 0.5) is 0 Å². The monoisotopic (exact) mass is 198 g/mol. The van der Waals surface area contributed by atoms with Gasteiger partial charge in [0, 0.05) is 17.5 Å². The second kappa shape index (κ2) is 2.95. The second-order valence-corrected chi connectivity index (χ2v) is 3.53. The van der Waals surface area contributed by atoms with E-state index in [4.69, 9.17) is 0 Å². The number of H-pyrrole nitrogens is 2. The Balaban J connectivity index is 2.24. The molecule has 0 aliphatic rings. The van der Waals surface area contributed by atoms with Crippen molar-refractivity contribution < 1.29 is 0 Å². The molecule has 3 aromatic rings. The minimum Gasteiger partial charge on any atom is -0.353 e. The van der Waals surface area contributed by atoms with Crippen LogP contribution in [0.25, 0.3) is 22.3 Å². The number of aromatic amines is 2. The SMILES string of the molecule is Cc1[nH]ncc1-c1cc2ncccc2[nH]1. The van der Waals surface area contributed by atoms with Crippen LogP contribution in [0.2, 0.25) is 0 Å². The summed E-state index contributed by atoms with van der Waals surface area (Å²) in [5.74, 6) is 0. The van der Waals surface area contributed by atoms with Crippen LogP contribution in [-0.2, 0) is 0 Å². The number of aryl methyl sites for hydroxylation is 1. The molecule has 4 heteroatoms. The summed E-state index contributed by atoms with van der Waals surface area (Å²) in [5, 5.41) is 6.92. The maximum Gasteiger partial charge on any atom is 0.0885 e. The van der Waals surface area contributed by atoms with Gasteiger partial charge in [-0.1, -0.05) is 0 Å². The van der Waals surface area contributed by atoms with Crippen LogP contribution >= 0.6 is 0 Å². The van der Waals surface area contributed by atoms with Gasteiger partial charge in [-0.3, -0.25) is 10.1 Å². The van der Waals surface area contributed by atoms with E-state index in [1.165, 1.54) is 0 Å². The molecule has 3 heterocycles. The Morgan fingerprint density at radius 3 is 3.00 bits per heavy atom. The second-order valence-electron chi connectivity index (χ2n) is 3.53. The van der Waals surface area contributed by atoms with Crippen molar-refractivity contribution in [2.75, 3.05) is 0 Å². The molecule has 0 bridgehead atoms. The minimum atomic E-state index is 0.980. The Labute approximate surface area is 86.4 Å². The molecule has 74 valence electrons. The quantitative estimate of drug-likeness (QED) is 0.630. The first kappa shape index (κ1) is 8.23. The average Bonchev–Trinajstić information content (AvgIpc) is 2.82. The summed E-state index contributed by atoms with van der Waals surface area (Å²) in [6, 6.07) is 5.97. The van der Waals surface area contributed by atoms with Crippen molar-refractivity contribution in [3.63, 3.8) is 0 Å². The van der Waals surface area contributed by atoms with Gasteiger partial charge in [0.05, 0.1) is 22.9 Å². The van der Waals surface area contributed by atoms with Gasteiger partial charge in [-0.15, -0.1) is 0 Å². The highest BCUT2D eigenvalue weighted by Gasteiger charge is 2.07. The maximum atomic E-state index is 4.28. The summed E-state index contributed by atoms with van der Waals surface area (Å²) in [4.78, 5) is 7.60. The van der Waals surface area contributed by atoms with Gasteiger partial charge in [-0.2, -0.15) is 5.10 Å². The van der Waals surface area contributed by atoms with Crippen molar-refractivity contribution in [3.05, 3.63) is 36.3 Å². The molecule has 15 heavy (non-hydrogen) atoms. The normalized spacial score (nSPS) is 11.0. The third-order valence-electron chi connectivity index (χ3n) is 2.51. The molecule has 2 N–H and O–H groups in total. The first-order valence-corrected chi connectivity index (χ1v) is 4.78. The summed E-state index contributed by atoms with van der Waals surface area (Å²) in [5.41, 5.74) is 5.23. The van der Waals surface area contributed by atoms with Crippen molar-refractivity contribution in [2.45, 2.75) is 6.92 Å². The number of hydrogen-bond acceptors (Lipinski definition) is 2. The van der Waals surface area contributed by atoms with Crippen LogP contribution in [0.15, 0.2) is 30.6 Å². The molecule has 0 fully saturated rings. The molecule has 3 aromatic heterocycles. The van der Waals surface area contributed by atoms with E-state index in [0.717, 1.165) is 28.0 Å². The number of fused-ring (bicyclic) bond motifs is 1. The van der Waals surface area contributed by atoms with Crippen LogP contribution in [0, 0.1) is 6.92 Å². The number of rotatable bonds is 1. The highest BCUT2D eigenvalue weighted by Crippen LogP contribution is 2.23. The van der Waals surface area contributed by atoms with Crippen molar-refractivity contribution in [3.8, 4) is 11.3 Å². The maximum absolute atomic E-state index is 4.28. The van der Waals surface area contributed by atoms with Gasteiger partial charge in [0.1, 0.15) is 0 Å². The molecular weight excluding hydrogens is 188 g/mol. The Kier molecular flexibility index (Phi) is 1.62. The topological polar surface area (TPSA) is 57.4 Å². The van der Waals surface area contributed by atoms with E-state index >= 15 is 0 Å². The molecular formula is C11H10N4. The number of nitrogens with one attached hydrogen (secondary N) is 2. The van der Waals surface area contributed by atoms with Crippen molar-refractivity contribution in [1.29, 1.82) is 0 Å². The molecule has 0 aliphatic heterocycles. The predicted molar refractivity (Wildman–Crippen MR) is 58.4 cm³/mol. The van der Waals surface area contributed by atoms with Crippen LogP contribution in [0.1, 0.15) is 5.69 Å². The van der Waals surface area contributed by atoms with E-state index in [1.54, 1.807) is 6.20 Å². The number of aromatic nitrogens is 4. The van der Waals surface area contributed by atoms with Crippen LogP contribution in [-0.4, -0.2) is 20.2 Å². The Morgan fingerprint density at radius 2 is 2.27 bits per heavy atom. The third-order valence-corrected chi connectivity index (χ3v) is 2.51. The van der Waals surface area contributed by atoms with Crippen molar-refractivity contribution in [1.82, 2.24) is 20.2 Å². The molecule has 0 aromatic carbocycles. The fraction of sp³-hybridized carbons (Fsp3) is 0.0909. The summed E-state index contributed by atoms with van der Waals surface area (Å²) in [6.07, 6.45) is 3.61. The fourth-order valence-electron chi connectivity index (χ4n) is 1.72. The molecule has 3 rings (SSSR count). The lowest BCUT2D eigenvalue weighted by Crippen LogP contribution is -1.77. The van der Waals surface area contributed by atoms with E-state index in [9.17, 15) is 0 Å². The molecule has 0 spiro atoms. The van der Waals surface area contributed by atoms with E-state index < -0.39 is 0 Å². The largest absolute Gasteiger partial charge is 0.353 e. The van der Waals surface area contributed by atoms with Crippen molar-refractivity contribution >= 4 is 11.0 Å². The van der Waals surface area contributed by atoms with E-state index in [2.05, 4.69) is 20.2 Å². The van der Waals surface area contributed by atoms with Crippen LogP contribution in [0.5, 0.6) is 0 Å². The Bertz CT molecular complexity index is 573. The number of pyridine rings is 1. The van der Waals surface area contributed by atoms with Gasteiger partial charge in [-0.25, -0.2) is 0 Å². The van der Waals surface area contributed by atoms with Gasteiger partial charge in [0.25, 0.3) is 0 Å². The minimum absolute atomic E-state index is 0.980. The highest BCUT2D eigenvalue weighted by molar-refractivity contribution is 5.82. The highest BCUT2D eigenvalue weighted by atomic mass is 15.1. The third kappa shape index (κ3) is 1.22. The lowest BCUT2D eigenvalue weighted by atomic mass is 10.2. The smallest absolute Gasteiger partial charge is 0.0885 e. The molecule has 0 unspecified atom stereocenters. The number of nitrogens with zero attached hydrogens (tertiary/aromatic N) is 2. The molecule has 0 saturated heterocycles. The Morgan fingerprint density at radius 1 is 1.33 bits per heavy atom. The van der Waals surface area contributed by atoms with Gasteiger partial charge >= 0.3 is 0 Å². The molecule has 0 amide bonds. The van der Waals surface area contributed by atoms with E-state index in [1.807, 2.05) is 31.3 Å². The first-order chi connectivity index (χ1) is 7.34. The lowest BCUT2D eigenvalue weighted by Gasteiger charge is -1.92. The molecule has 0 saturated carbocycles. The number of hydrogen-bond donors (Lipinski definition) is 2. The van der Waals surface area contributed by atoms with Gasteiger partial charge in [-0.05, 0) is 25.1 Å². The van der Waals surface area contributed by atoms with Gasteiger partial charge in [0.2, 0.25) is 0 Å². The summed E-state index contributed by atoms with van der Waals surface area (Å²) in [7, 11) is 0. The van der Waals surface area contributed by atoms with Crippen LogP contribution in [0.3, 0.4) is 0 Å². The zero-order valence-corrected chi connectivity index (χ0v) is 8.28. The Hall–Kier alpha value is -2.10. The summed E-state index contributed by atoms with van der Waals surface area (Å²) >= 11 is 0. The molecule has 4 nitrogen and oxygen atoms in total. The summed E-state index contributed by atoms with van der Waals surface area (Å²) < 4.78 is 0. The van der Waals surface area contributed by atoms with Gasteiger partial charge in [0.15, 0.2) is 0 Å². The summed E-state index contributed by atoms with van der Waals surface area (Å²) in [6.45, 7) is 2.00. The van der Waals surface area contributed by atoms with Crippen LogP contribution < -0.4 is 0 Å². The molecule has 0 radical (unpaired) electrons. The molecule has 0 aliphatic carbocycles. The molecule has 0 atom stereocenters. The zero-order chi connectivity index (χ0) is 10.3. The lowest BCUT2D eigenvalue weighted by molar-refractivity contribution is 1.05. The fourth-order valence-corrected chi connectivity index (χ4v) is 1.72. The van der Waals surface area contributed by atoms with E-state index in [0.29, 0.717) is 0 Å². The van der Waals surface area contributed by atoms with Crippen molar-refractivity contribution in [2.24, 2.45) is 0 Å². The average molecular weight is 198 g/mol. The predicted octanol–water partition coefficient (Wildman–Crippen LogP) is 2.26.